The topological polar surface area (TPSA) is 41.1 Å². The summed E-state index contributed by atoms with van der Waals surface area (Å²) in [6.45, 7) is 1.10. The van der Waals surface area contributed by atoms with Crippen molar-refractivity contribution in [3.05, 3.63) is 24.3 Å². The largest absolute Gasteiger partial charge is 0.325 e. The van der Waals surface area contributed by atoms with E-state index in [2.05, 4.69) is 10.6 Å². The fourth-order valence-corrected chi connectivity index (χ4v) is 2.82. The van der Waals surface area contributed by atoms with Crippen LogP contribution in [0.15, 0.2) is 29.2 Å². The summed E-state index contributed by atoms with van der Waals surface area (Å²) in [5.41, 5.74) is 0.925. The summed E-state index contributed by atoms with van der Waals surface area (Å²) in [4.78, 5) is 13.0. The molecule has 3 nitrogen and oxygen atoms in total. The standard InChI is InChI=1S/C14H20N2OS/c1-18-13-7-3-2-6-12(13)16-14(17)9-8-11-5-4-10-15-11/h2-3,6-7,11,15H,4-5,8-10H2,1H3,(H,16,17). The quantitative estimate of drug-likeness (QED) is 0.804. The number of benzene rings is 1. The molecular weight excluding hydrogens is 244 g/mol. The van der Waals surface area contributed by atoms with E-state index in [-0.39, 0.29) is 5.91 Å². The number of amides is 1. The Hall–Kier alpha value is -1.00. The van der Waals surface area contributed by atoms with Crippen LogP contribution in [0.2, 0.25) is 0 Å². The molecule has 0 aliphatic carbocycles. The number of nitrogens with one attached hydrogen (secondary N) is 2. The van der Waals surface area contributed by atoms with Gasteiger partial charge in [0.1, 0.15) is 0 Å². The van der Waals surface area contributed by atoms with E-state index in [9.17, 15) is 4.79 Å². The van der Waals surface area contributed by atoms with Crippen LogP contribution in [0.1, 0.15) is 25.7 Å². The number of anilines is 1. The molecule has 1 aromatic rings. The van der Waals surface area contributed by atoms with E-state index in [1.807, 2.05) is 30.5 Å². The normalized spacial score (nSPS) is 18.8. The Labute approximate surface area is 113 Å². The maximum Gasteiger partial charge on any atom is 0.224 e. The lowest BCUT2D eigenvalue weighted by Crippen LogP contribution is -2.23. The molecule has 4 heteroatoms. The van der Waals surface area contributed by atoms with E-state index in [1.165, 1.54) is 12.8 Å². The fraction of sp³-hybridized carbons (Fsp3) is 0.500. The second-order valence-electron chi connectivity index (χ2n) is 4.58. The Balaban J connectivity index is 1.82. The van der Waals surface area contributed by atoms with Crippen LogP contribution in [0.4, 0.5) is 5.69 Å². The Morgan fingerprint density at radius 2 is 2.33 bits per heavy atom. The highest BCUT2D eigenvalue weighted by atomic mass is 32.2. The third kappa shape index (κ3) is 3.75. The molecule has 1 heterocycles. The molecule has 1 aromatic carbocycles. The highest BCUT2D eigenvalue weighted by Crippen LogP contribution is 2.24. The van der Waals surface area contributed by atoms with Gasteiger partial charge in [-0.05, 0) is 44.2 Å². The van der Waals surface area contributed by atoms with Gasteiger partial charge in [0.2, 0.25) is 5.91 Å². The van der Waals surface area contributed by atoms with Gasteiger partial charge in [0.15, 0.2) is 0 Å². The molecule has 1 saturated heterocycles. The number of carbonyl (C=O) groups is 1. The van der Waals surface area contributed by atoms with Gasteiger partial charge in [0, 0.05) is 17.4 Å². The monoisotopic (exact) mass is 264 g/mol. The minimum atomic E-state index is 0.116. The van der Waals surface area contributed by atoms with Crippen molar-refractivity contribution in [2.45, 2.75) is 36.6 Å². The summed E-state index contributed by atoms with van der Waals surface area (Å²) in [7, 11) is 0. The maximum absolute atomic E-state index is 11.9. The zero-order valence-corrected chi connectivity index (χ0v) is 11.6. The van der Waals surface area contributed by atoms with Crippen LogP contribution in [0.5, 0.6) is 0 Å². The maximum atomic E-state index is 11.9. The molecule has 18 heavy (non-hydrogen) atoms. The van der Waals surface area contributed by atoms with Gasteiger partial charge in [0.05, 0.1) is 5.69 Å². The van der Waals surface area contributed by atoms with E-state index < -0.39 is 0 Å². The minimum Gasteiger partial charge on any atom is -0.325 e. The van der Waals surface area contributed by atoms with Crippen molar-refractivity contribution < 1.29 is 4.79 Å². The predicted octanol–water partition coefficient (Wildman–Crippen LogP) is 2.88. The van der Waals surface area contributed by atoms with Crippen molar-refractivity contribution in [2.24, 2.45) is 0 Å². The van der Waals surface area contributed by atoms with Crippen molar-refractivity contribution in [1.82, 2.24) is 5.32 Å². The number of thioether (sulfide) groups is 1. The summed E-state index contributed by atoms with van der Waals surface area (Å²) >= 11 is 1.65. The van der Waals surface area contributed by atoms with Crippen LogP contribution in [0.3, 0.4) is 0 Å². The first-order valence-corrected chi connectivity index (χ1v) is 7.68. The molecule has 0 spiro atoms. The molecule has 0 aromatic heterocycles. The Bertz CT molecular complexity index is 403. The van der Waals surface area contributed by atoms with Crippen LogP contribution in [-0.2, 0) is 4.79 Å². The van der Waals surface area contributed by atoms with Crippen LogP contribution >= 0.6 is 11.8 Å². The molecule has 1 aliphatic heterocycles. The van der Waals surface area contributed by atoms with Crippen LogP contribution < -0.4 is 10.6 Å². The van der Waals surface area contributed by atoms with E-state index in [4.69, 9.17) is 0 Å². The second kappa shape index (κ2) is 6.81. The lowest BCUT2D eigenvalue weighted by molar-refractivity contribution is -0.116. The molecule has 2 N–H and O–H groups in total. The molecule has 2 rings (SSSR count). The molecule has 98 valence electrons. The summed E-state index contributed by atoms with van der Waals surface area (Å²) in [6.07, 6.45) is 6.00. The molecular formula is C14H20N2OS. The average molecular weight is 264 g/mol. The molecule has 0 bridgehead atoms. The van der Waals surface area contributed by atoms with E-state index in [0.717, 1.165) is 23.5 Å². The molecule has 1 unspecified atom stereocenters. The lowest BCUT2D eigenvalue weighted by Gasteiger charge is -2.11. The number of rotatable bonds is 5. The SMILES string of the molecule is CSc1ccccc1NC(=O)CCC1CCCN1. The van der Waals surface area contributed by atoms with Crippen LogP contribution in [0.25, 0.3) is 0 Å². The van der Waals surface area contributed by atoms with Gasteiger partial charge in [0.25, 0.3) is 0 Å². The zero-order chi connectivity index (χ0) is 12.8. The van der Waals surface area contributed by atoms with Crippen molar-refractivity contribution in [1.29, 1.82) is 0 Å². The van der Waals surface area contributed by atoms with E-state index >= 15 is 0 Å². The zero-order valence-electron chi connectivity index (χ0n) is 10.7. The molecule has 1 fully saturated rings. The summed E-state index contributed by atoms with van der Waals surface area (Å²) < 4.78 is 0. The summed E-state index contributed by atoms with van der Waals surface area (Å²) in [5, 5.41) is 6.41. The van der Waals surface area contributed by atoms with Crippen molar-refractivity contribution in [3.63, 3.8) is 0 Å². The van der Waals surface area contributed by atoms with Gasteiger partial charge in [-0.25, -0.2) is 0 Å². The highest BCUT2D eigenvalue weighted by Gasteiger charge is 2.15. The Morgan fingerprint density at radius 3 is 3.06 bits per heavy atom. The van der Waals surface area contributed by atoms with Gasteiger partial charge in [-0.15, -0.1) is 11.8 Å². The average Bonchev–Trinajstić information content (AvgIpc) is 2.90. The predicted molar refractivity (Wildman–Crippen MR) is 77.1 cm³/mol. The third-order valence-corrected chi connectivity index (χ3v) is 4.06. The minimum absolute atomic E-state index is 0.116. The van der Waals surface area contributed by atoms with Crippen LogP contribution in [0, 0.1) is 0 Å². The Morgan fingerprint density at radius 1 is 1.50 bits per heavy atom. The van der Waals surface area contributed by atoms with Gasteiger partial charge in [-0.1, -0.05) is 12.1 Å². The number of hydrogen-bond acceptors (Lipinski definition) is 3. The first-order valence-electron chi connectivity index (χ1n) is 6.46. The van der Waals surface area contributed by atoms with Crippen molar-refractivity contribution >= 4 is 23.4 Å². The van der Waals surface area contributed by atoms with E-state index in [0.29, 0.717) is 12.5 Å². The van der Waals surface area contributed by atoms with Crippen molar-refractivity contribution in [2.75, 3.05) is 18.1 Å². The van der Waals surface area contributed by atoms with Gasteiger partial charge in [-0.2, -0.15) is 0 Å². The molecule has 1 atom stereocenters. The van der Waals surface area contributed by atoms with Gasteiger partial charge in [-0.3, -0.25) is 4.79 Å². The number of hydrogen-bond donors (Lipinski definition) is 2. The highest BCUT2D eigenvalue weighted by molar-refractivity contribution is 7.98. The first kappa shape index (κ1) is 13.4. The molecule has 0 radical (unpaired) electrons. The number of para-hydroxylation sites is 1. The Kier molecular flexibility index (Phi) is 5.08. The van der Waals surface area contributed by atoms with E-state index in [1.54, 1.807) is 11.8 Å². The third-order valence-electron chi connectivity index (χ3n) is 3.26. The number of carbonyl (C=O) groups excluding carboxylic acids is 1. The molecule has 1 amide bonds. The summed E-state index contributed by atoms with van der Waals surface area (Å²) in [6, 6.07) is 8.46. The second-order valence-corrected chi connectivity index (χ2v) is 5.43. The van der Waals surface area contributed by atoms with Crippen LogP contribution in [-0.4, -0.2) is 24.7 Å². The summed E-state index contributed by atoms with van der Waals surface area (Å²) in [5.74, 6) is 0.116. The first-order chi connectivity index (χ1) is 8.79. The van der Waals surface area contributed by atoms with Crippen molar-refractivity contribution in [3.8, 4) is 0 Å². The smallest absolute Gasteiger partial charge is 0.224 e. The molecule has 1 aliphatic rings. The molecule has 0 saturated carbocycles. The van der Waals surface area contributed by atoms with Gasteiger partial charge >= 0.3 is 0 Å². The fourth-order valence-electron chi connectivity index (χ4n) is 2.27. The van der Waals surface area contributed by atoms with Gasteiger partial charge < -0.3 is 10.6 Å². The lowest BCUT2D eigenvalue weighted by atomic mass is 10.1.